The highest BCUT2D eigenvalue weighted by Gasteiger charge is 2.70. The molecule has 182 valence electrons. The number of fused-ring (bicyclic) bond motifs is 7. The van der Waals surface area contributed by atoms with E-state index < -0.39 is 5.79 Å². The van der Waals surface area contributed by atoms with Gasteiger partial charge in [-0.2, -0.15) is 0 Å². The molecule has 33 heavy (non-hydrogen) atoms. The van der Waals surface area contributed by atoms with E-state index >= 15 is 0 Å². The van der Waals surface area contributed by atoms with Crippen molar-refractivity contribution >= 4 is 11.6 Å². The molecule has 0 aromatic heterocycles. The zero-order chi connectivity index (χ0) is 23.3. The second kappa shape index (κ2) is 7.26. The van der Waals surface area contributed by atoms with Crippen molar-refractivity contribution in [3.05, 3.63) is 11.6 Å². The van der Waals surface area contributed by atoms with Crippen LogP contribution in [0.15, 0.2) is 11.6 Å². The van der Waals surface area contributed by atoms with Crippen LogP contribution < -0.4 is 0 Å². The van der Waals surface area contributed by atoms with E-state index in [2.05, 4.69) is 40.7 Å². The highest BCUT2D eigenvalue weighted by atomic mass is 16.7. The molecule has 3 saturated carbocycles. The Balaban J connectivity index is 1.33. The van der Waals surface area contributed by atoms with E-state index in [1.54, 1.807) is 0 Å². The van der Waals surface area contributed by atoms with Gasteiger partial charge < -0.3 is 9.47 Å². The summed E-state index contributed by atoms with van der Waals surface area (Å²) in [5, 5.41) is 0. The predicted molar refractivity (Wildman–Crippen MR) is 126 cm³/mol. The van der Waals surface area contributed by atoms with Crippen molar-refractivity contribution in [1.29, 1.82) is 0 Å². The number of carbonyl (C=O) groups excluding carboxylic acids is 2. The summed E-state index contributed by atoms with van der Waals surface area (Å²) in [5.41, 5.74) is 0.805. The van der Waals surface area contributed by atoms with E-state index in [0.29, 0.717) is 59.9 Å². The van der Waals surface area contributed by atoms with E-state index in [4.69, 9.17) is 9.47 Å². The number of ketones is 2. The predicted octanol–water partition coefficient (Wildman–Crippen LogP) is 5.74. The quantitative estimate of drug-likeness (QED) is 0.507. The van der Waals surface area contributed by atoms with E-state index in [1.807, 2.05) is 0 Å². The summed E-state index contributed by atoms with van der Waals surface area (Å²) in [6.07, 6.45) is 9.95. The summed E-state index contributed by atoms with van der Waals surface area (Å²) in [7, 11) is 0. The van der Waals surface area contributed by atoms with Gasteiger partial charge in [-0.25, -0.2) is 0 Å². The van der Waals surface area contributed by atoms with Crippen LogP contribution in [0.4, 0.5) is 0 Å². The standard InChI is InChI=1S/C29H42O4/c1-6-18-13-27(4)19(11-22(18)30)7-8-20-21-12-24-25(28(21,5)14-23(31)26(20)27)17(3)29(33-24)10-9-16(2)15-32-29/h13,16-17,19-21,24-26H,6-12,14-15H2,1-5H3/t16-,17+,19+,20+,21+,24+,25+,26-,27+,28+,29-/m1/s1. The number of carbonyl (C=O) groups is 2. The zero-order valence-electron chi connectivity index (χ0n) is 21.2. The highest BCUT2D eigenvalue weighted by Crippen LogP contribution is 2.70. The van der Waals surface area contributed by atoms with Crippen molar-refractivity contribution in [2.75, 3.05) is 6.61 Å². The molecule has 6 aliphatic rings. The summed E-state index contributed by atoms with van der Waals surface area (Å²) in [6, 6.07) is 0. The summed E-state index contributed by atoms with van der Waals surface area (Å²) in [6.45, 7) is 12.2. The van der Waals surface area contributed by atoms with Gasteiger partial charge in [-0.15, -0.1) is 0 Å². The van der Waals surface area contributed by atoms with Gasteiger partial charge in [-0.3, -0.25) is 9.59 Å². The molecule has 4 nitrogen and oxygen atoms in total. The molecule has 2 heterocycles. The number of hydrogen-bond acceptors (Lipinski definition) is 4. The molecule has 0 bridgehead atoms. The summed E-state index contributed by atoms with van der Waals surface area (Å²) >= 11 is 0. The van der Waals surface area contributed by atoms with Gasteiger partial charge in [-0.05, 0) is 78.1 Å². The van der Waals surface area contributed by atoms with Gasteiger partial charge in [0.2, 0.25) is 0 Å². The Morgan fingerprint density at radius 2 is 1.91 bits per heavy atom. The Kier molecular flexibility index (Phi) is 4.94. The topological polar surface area (TPSA) is 52.6 Å². The van der Waals surface area contributed by atoms with E-state index in [0.717, 1.165) is 50.7 Å². The number of rotatable bonds is 1. The first-order valence-electron chi connectivity index (χ1n) is 13.7. The van der Waals surface area contributed by atoms with Crippen molar-refractivity contribution in [2.45, 2.75) is 97.9 Å². The van der Waals surface area contributed by atoms with Gasteiger partial charge in [0.15, 0.2) is 11.6 Å². The maximum Gasteiger partial charge on any atom is 0.171 e. The molecule has 11 atom stereocenters. The fourth-order valence-corrected chi connectivity index (χ4v) is 9.97. The molecular formula is C29H42O4. The summed E-state index contributed by atoms with van der Waals surface area (Å²) < 4.78 is 13.3. The molecule has 4 aliphatic carbocycles. The minimum Gasteiger partial charge on any atom is -0.349 e. The Hall–Kier alpha value is -1.00. The van der Waals surface area contributed by atoms with Gasteiger partial charge in [-0.1, -0.05) is 40.7 Å². The lowest BCUT2D eigenvalue weighted by Crippen LogP contribution is -2.57. The van der Waals surface area contributed by atoms with E-state index in [9.17, 15) is 9.59 Å². The van der Waals surface area contributed by atoms with Crippen LogP contribution in [0.1, 0.15) is 86.0 Å². The van der Waals surface area contributed by atoms with Gasteiger partial charge in [0, 0.05) is 31.1 Å². The molecular weight excluding hydrogens is 412 g/mol. The molecule has 0 radical (unpaired) electrons. The lowest BCUT2D eigenvalue weighted by molar-refractivity contribution is -0.272. The summed E-state index contributed by atoms with van der Waals surface area (Å²) in [5.74, 6) is 3.03. The van der Waals surface area contributed by atoms with Crippen molar-refractivity contribution < 1.29 is 19.1 Å². The third-order valence-electron chi connectivity index (χ3n) is 11.6. The molecule has 0 amide bonds. The first kappa shape index (κ1) is 22.5. The second-order valence-corrected chi connectivity index (χ2v) is 13.2. The number of Topliss-reactive ketones (excluding diaryl/α,β-unsaturated/α-hetero) is 2. The van der Waals surface area contributed by atoms with Crippen LogP contribution in [0.5, 0.6) is 0 Å². The van der Waals surface area contributed by atoms with Crippen molar-refractivity contribution in [3.8, 4) is 0 Å². The van der Waals surface area contributed by atoms with Crippen LogP contribution in [0.3, 0.4) is 0 Å². The number of ether oxygens (including phenoxy) is 2. The second-order valence-electron chi connectivity index (χ2n) is 13.2. The third kappa shape index (κ3) is 2.89. The van der Waals surface area contributed by atoms with Crippen LogP contribution in [0, 0.1) is 52.3 Å². The summed E-state index contributed by atoms with van der Waals surface area (Å²) in [4.78, 5) is 26.7. The molecule has 1 spiro atoms. The zero-order valence-corrected chi connectivity index (χ0v) is 21.2. The van der Waals surface area contributed by atoms with Crippen molar-refractivity contribution in [3.63, 3.8) is 0 Å². The van der Waals surface area contributed by atoms with Crippen molar-refractivity contribution in [1.82, 2.24) is 0 Å². The number of hydrogen-bond donors (Lipinski definition) is 0. The van der Waals surface area contributed by atoms with Crippen LogP contribution in [-0.2, 0) is 19.1 Å². The average Bonchev–Trinajstić information content (AvgIpc) is 3.20. The maximum absolute atomic E-state index is 14.0. The fraction of sp³-hybridized carbons (Fsp3) is 0.862. The molecule has 2 saturated heterocycles. The Morgan fingerprint density at radius 1 is 1.12 bits per heavy atom. The van der Waals surface area contributed by atoms with Crippen LogP contribution in [-0.4, -0.2) is 30.1 Å². The monoisotopic (exact) mass is 454 g/mol. The minimum absolute atomic E-state index is 0.00321. The molecule has 0 unspecified atom stereocenters. The van der Waals surface area contributed by atoms with Gasteiger partial charge in [0.05, 0.1) is 12.7 Å². The minimum atomic E-state index is -0.429. The number of allylic oxidation sites excluding steroid dienone is 2. The van der Waals surface area contributed by atoms with E-state index in [-0.39, 0.29) is 22.9 Å². The first-order valence-corrected chi connectivity index (χ1v) is 13.7. The molecule has 0 N–H and O–H groups in total. The van der Waals surface area contributed by atoms with Crippen LogP contribution in [0.25, 0.3) is 0 Å². The third-order valence-corrected chi connectivity index (χ3v) is 11.6. The van der Waals surface area contributed by atoms with Crippen LogP contribution >= 0.6 is 0 Å². The van der Waals surface area contributed by atoms with Gasteiger partial charge >= 0.3 is 0 Å². The maximum atomic E-state index is 14.0. The molecule has 0 aromatic carbocycles. The molecule has 4 heteroatoms. The van der Waals surface area contributed by atoms with Gasteiger partial charge in [0.1, 0.15) is 5.78 Å². The molecule has 6 rings (SSSR count). The Labute approximate surface area is 199 Å². The van der Waals surface area contributed by atoms with Gasteiger partial charge in [0.25, 0.3) is 0 Å². The average molecular weight is 455 g/mol. The lowest BCUT2D eigenvalue weighted by atomic mass is 9.44. The van der Waals surface area contributed by atoms with Crippen molar-refractivity contribution in [2.24, 2.45) is 52.3 Å². The first-order chi connectivity index (χ1) is 15.6. The van der Waals surface area contributed by atoms with E-state index in [1.165, 1.54) is 0 Å². The fourth-order valence-electron chi connectivity index (χ4n) is 9.97. The SMILES string of the molecule is CCC1=C[C@@]2(C)[C@@H](CC[C@@H]3[C@@H]2C(=O)C[C@]2(C)[C@@H]4[C@H](C[C@@H]32)O[C@]2(CC[C@@H](C)CO2)[C@H]4C)CC1=O. The smallest absolute Gasteiger partial charge is 0.171 e. The molecule has 0 aromatic rings. The molecule has 2 aliphatic heterocycles. The van der Waals surface area contributed by atoms with Crippen LogP contribution in [0.2, 0.25) is 0 Å². The molecule has 5 fully saturated rings. The largest absolute Gasteiger partial charge is 0.349 e. The lowest BCUT2D eigenvalue weighted by Gasteiger charge is -2.58. The highest BCUT2D eigenvalue weighted by molar-refractivity contribution is 5.97. The Bertz CT molecular complexity index is 897. The normalized spacial score (nSPS) is 55.6. The Morgan fingerprint density at radius 3 is 2.61 bits per heavy atom.